The van der Waals surface area contributed by atoms with Crippen LogP contribution in [-0.2, 0) is 0 Å². The van der Waals surface area contributed by atoms with E-state index in [1.165, 1.54) is 24.3 Å². The molecule has 0 bridgehead atoms. The van der Waals surface area contributed by atoms with E-state index < -0.39 is 17.3 Å². The van der Waals surface area contributed by atoms with Crippen molar-refractivity contribution < 1.29 is 25.2 Å². The van der Waals surface area contributed by atoms with E-state index in [0.717, 1.165) is 12.1 Å². The number of carbonyl (C=O) groups is 1. The van der Waals surface area contributed by atoms with Gasteiger partial charge in [0.25, 0.3) is 0 Å². The van der Waals surface area contributed by atoms with Crippen molar-refractivity contribution in [1.82, 2.24) is 0 Å². The molecular formula is C13H10O5. The van der Waals surface area contributed by atoms with Gasteiger partial charge in [-0.1, -0.05) is 6.07 Å². The molecule has 0 saturated carbocycles. The van der Waals surface area contributed by atoms with Crippen LogP contribution < -0.4 is 0 Å². The summed E-state index contributed by atoms with van der Waals surface area (Å²) in [7, 11) is 0. The molecule has 5 heteroatoms. The van der Waals surface area contributed by atoms with Crippen molar-refractivity contribution in [2.75, 3.05) is 0 Å². The topological polar surface area (TPSA) is 98.0 Å². The third kappa shape index (κ3) is 1.93. The number of benzene rings is 2. The number of ketones is 1. The molecule has 0 atom stereocenters. The summed E-state index contributed by atoms with van der Waals surface area (Å²) in [6.07, 6.45) is 0. The molecule has 0 aliphatic heterocycles. The smallest absolute Gasteiger partial charge is 0.204 e. The Kier molecular flexibility index (Phi) is 2.81. The van der Waals surface area contributed by atoms with Crippen molar-refractivity contribution in [1.29, 1.82) is 0 Å². The van der Waals surface area contributed by atoms with Crippen LogP contribution in [0.4, 0.5) is 0 Å². The highest BCUT2D eigenvalue weighted by Crippen LogP contribution is 2.32. The molecule has 0 spiro atoms. The monoisotopic (exact) mass is 246 g/mol. The Balaban J connectivity index is 2.58. The van der Waals surface area contributed by atoms with Gasteiger partial charge in [0.1, 0.15) is 28.6 Å². The maximum absolute atomic E-state index is 12.1. The Hall–Kier alpha value is -2.69. The first-order chi connectivity index (χ1) is 8.50. The summed E-state index contributed by atoms with van der Waals surface area (Å²) < 4.78 is 0. The zero-order chi connectivity index (χ0) is 13.3. The van der Waals surface area contributed by atoms with Crippen molar-refractivity contribution in [2.45, 2.75) is 0 Å². The molecule has 0 unspecified atom stereocenters. The van der Waals surface area contributed by atoms with Crippen LogP contribution in [0.1, 0.15) is 15.9 Å². The van der Waals surface area contributed by atoms with E-state index in [9.17, 15) is 25.2 Å². The van der Waals surface area contributed by atoms with Gasteiger partial charge >= 0.3 is 0 Å². The molecule has 2 rings (SSSR count). The minimum atomic E-state index is -0.779. The number of phenols is 4. The molecule has 0 fully saturated rings. The predicted molar refractivity (Wildman–Crippen MR) is 63.0 cm³/mol. The molecule has 5 nitrogen and oxygen atoms in total. The van der Waals surface area contributed by atoms with Crippen LogP contribution in [0.25, 0.3) is 0 Å². The van der Waals surface area contributed by atoms with Crippen molar-refractivity contribution in [2.24, 2.45) is 0 Å². The molecule has 0 heterocycles. The summed E-state index contributed by atoms with van der Waals surface area (Å²) in [6.45, 7) is 0. The van der Waals surface area contributed by atoms with Gasteiger partial charge in [0.2, 0.25) is 5.78 Å². The minimum absolute atomic E-state index is 0.202. The molecule has 0 aromatic heterocycles. The second-order valence-electron chi connectivity index (χ2n) is 3.70. The Labute approximate surface area is 102 Å². The Morgan fingerprint density at radius 1 is 0.833 bits per heavy atom. The molecule has 2 aromatic rings. The number of aromatic hydroxyl groups is 4. The molecule has 0 aliphatic carbocycles. The Morgan fingerprint density at radius 3 is 2.06 bits per heavy atom. The second-order valence-corrected chi connectivity index (χ2v) is 3.70. The van der Waals surface area contributed by atoms with Crippen LogP contribution in [0, 0.1) is 0 Å². The maximum atomic E-state index is 12.1. The fourth-order valence-corrected chi connectivity index (χ4v) is 1.60. The van der Waals surface area contributed by atoms with E-state index in [1.54, 1.807) is 0 Å². The van der Waals surface area contributed by atoms with Crippen LogP contribution in [0.3, 0.4) is 0 Å². The standard InChI is InChI=1S/C13H10O5/c14-7-4-5-9(15)8(6-7)13(18)12-10(16)2-1-3-11(12)17/h1-6,14-17H. The zero-order valence-corrected chi connectivity index (χ0v) is 9.16. The maximum Gasteiger partial charge on any atom is 0.204 e. The van der Waals surface area contributed by atoms with Gasteiger partial charge in [0, 0.05) is 0 Å². The first kappa shape index (κ1) is 11.8. The van der Waals surface area contributed by atoms with E-state index in [2.05, 4.69) is 0 Å². The lowest BCUT2D eigenvalue weighted by atomic mass is 10.0. The normalized spacial score (nSPS) is 10.2. The summed E-state index contributed by atoms with van der Waals surface area (Å²) in [5.41, 5.74) is -0.523. The quantitative estimate of drug-likeness (QED) is 0.478. The van der Waals surface area contributed by atoms with Crippen molar-refractivity contribution in [3.8, 4) is 23.0 Å². The summed E-state index contributed by atoms with van der Waals surface area (Å²) in [6, 6.07) is 7.29. The van der Waals surface area contributed by atoms with E-state index in [1.807, 2.05) is 0 Å². The number of rotatable bonds is 2. The summed E-state index contributed by atoms with van der Waals surface area (Å²) >= 11 is 0. The number of phenolic OH excluding ortho intramolecular Hbond substituents is 4. The first-order valence-corrected chi connectivity index (χ1v) is 5.08. The minimum Gasteiger partial charge on any atom is -0.508 e. The highest BCUT2D eigenvalue weighted by atomic mass is 16.3. The van der Waals surface area contributed by atoms with Crippen molar-refractivity contribution >= 4 is 5.78 Å². The van der Waals surface area contributed by atoms with Crippen LogP contribution >= 0.6 is 0 Å². The van der Waals surface area contributed by atoms with Crippen molar-refractivity contribution in [3.05, 3.63) is 47.5 Å². The van der Waals surface area contributed by atoms with Gasteiger partial charge in [0.15, 0.2) is 0 Å². The summed E-state index contributed by atoms with van der Waals surface area (Å²) in [5, 5.41) is 38.0. The van der Waals surface area contributed by atoms with Gasteiger partial charge < -0.3 is 20.4 Å². The zero-order valence-electron chi connectivity index (χ0n) is 9.16. The Bertz CT molecular complexity index is 599. The average Bonchev–Trinajstić information content (AvgIpc) is 2.32. The molecule has 0 saturated heterocycles. The number of hydrogen-bond acceptors (Lipinski definition) is 5. The lowest BCUT2D eigenvalue weighted by Gasteiger charge is -2.08. The highest BCUT2D eigenvalue weighted by Gasteiger charge is 2.21. The lowest BCUT2D eigenvalue weighted by molar-refractivity contribution is 0.103. The number of hydrogen-bond donors (Lipinski definition) is 4. The highest BCUT2D eigenvalue weighted by molar-refractivity contribution is 6.14. The van der Waals surface area contributed by atoms with Crippen LogP contribution in [0.5, 0.6) is 23.0 Å². The SMILES string of the molecule is O=C(c1cc(O)ccc1O)c1c(O)cccc1O. The molecule has 0 radical (unpaired) electrons. The van der Waals surface area contributed by atoms with Crippen molar-refractivity contribution in [3.63, 3.8) is 0 Å². The van der Waals surface area contributed by atoms with Gasteiger partial charge in [-0.2, -0.15) is 0 Å². The van der Waals surface area contributed by atoms with Gasteiger partial charge in [-0.3, -0.25) is 4.79 Å². The van der Waals surface area contributed by atoms with E-state index in [-0.39, 0.29) is 22.6 Å². The third-order valence-corrected chi connectivity index (χ3v) is 2.47. The second kappa shape index (κ2) is 4.29. The van der Waals surface area contributed by atoms with Gasteiger partial charge in [-0.05, 0) is 30.3 Å². The molecule has 4 N–H and O–H groups in total. The summed E-state index contributed by atoms with van der Waals surface area (Å²) in [4.78, 5) is 12.1. The first-order valence-electron chi connectivity index (χ1n) is 5.08. The molecule has 2 aromatic carbocycles. The van der Waals surface area contributed by atoms with Gasteiger partial charge in [-0.25, -0.2) is 0 Å². The van der Waals surface area contributed by atoms with Gasteiger partial charge in [-0.15, -0.1) is 0 Å². The number of carbonyl (C=O) groups excluding carboxylic acids is 1. The Morgan fingerprint density at radius 2 is 1.44 bits per heavy atom. The third-order valence-electron chi connectivity index (χ3n) is 2.47. The van der Waals surface area contributed by atoms with E-state index >= 15 is 0 Å². The molecule has 0 amide bonds. The fraction of sp³-hybridized carbons (Fsp3) is 0. The molecule has 18 heavy (non-hydrogen) atoms. The summed E-state index contributed by atoms with van der Waals surface area (Å²) in [5.74, 6) is -2.13. The molecule has 92 valence electrons. The fourth-order valence-electron chi connectivity index (χ4n) is 1.60. The average molecular weight is 246 g/mol. The van der Waals surface area contributed by atoms with E-state index in [0.29, 0.717) is 0 Å². The molecular weight excluding hydrogens is 236 g/mol. The van der Waals surface area contributed by atoms with Gasteiger partial charge in [0.05, 0.1) is 5.56 Å². The largest absolute Gasteiger partial charge is 0.508 e. The molecule has 0 aliphatic rings. The predicted octanol–water partition coefficient (Wildman–Crippen LogP) is 1.74. The van der Waals surface area contributed by atoms with Crippen LogP contribution in [0.15, 0.2) is 36.4 Å². The van der Waals surface area contributed by atoms with E-state index in [4.69, 9.17) is 0 Å². The van der Waals surface area contributed by atoms with Crippen LogP contribution in [-0.4, -0.2) is 26.2 Å². The van der Waals surface area contributed by atoms with Crippen LogP contribution in [0.2, 0.25) is 0 Å². The lowest BCUT2D eigenvalue weighted by Crippen LogP contribution is -2.02.